The second-order valence-electron chi connectivity index (χ2n) is 8.41. The summed E-state index contributed by atoms with van der Waals surface area (Å²) in [4.78, 5) is 29.2. The fraction of sp³-hybridized carbons (Fsp3) is 0.609. The van der Waals surface area contributed by atoms with Crippen LogP contribution in [0.1, 0.15) is 42.1 Å². The molecule has 4 atom stereocenters. The summed E-state index contributed by atoms with van der Waals surface area (Å²) in [7, 11) is 5.09. The molecule has 8 nitrogen and oxygen atoms in total. The van der Waals surface area contributed by atoms with E-state index in [-0.39, 0.29) is 36.7 Å². The van der Waals surface area contributed by atoms with Crippen molar-refractivity contribution in [1.82, 2.24) is 9.80 Å². The average Bonchev–Trinajstić information content (AvgIpc) is 2.77. The molecule has 2 aliphatic heterocycles. The molecule has 0 aliphatic carbocycles. The van der Waals surface area contributed by atoms with Gasteiger partial charge in [0.15, 0.2) is 0 Å². The van der Waals surface area contributed by atoms with Crippen molar-refractivity contribution >= 4 is 11.8 Å². The Morgan fingerprint density at radius 2 is 1.90 bits per heavy atom. The predicted octanol–water partition coefficient (Wildman–Crippen LogP) is 2.07. The Labute approximate surface area is 183 Å². The molecule has 1 saturated heterocycles. The molecule has 0 saturated carbocycles. The molecule has 168 valence electrons. The SMILES string of the molecule is CO[C@@H]1CC[C@@H]2CCOc3ccc(C#N)cc3C(=O)N(C)C[C@@H](C)C(=O)N(C)C[C@H]1O2. The number of likely N-dealkylation sites (N-methyl/N-ethyl adjacent to an activating group) is 1. The number of benzene rings is 1. The number of carbonyl (C=O) groups is 2. The number of nitrogens with zero attached hydrogens (tertiary/aromatic N) is 3. The lowest BCUT2D eigenvalue weighted by Crippen LogP contribution is -2.49. The van der Waals surface area contributed by atoms with Gasteiger partial charge in [0.05, 0.1) is 41.9 Å². The zero-order valence-electron chi connectivity index (χ0n) is 18.7. The summed E-state index contributed by atoms with van der Waals surface area (Å²) in [6, 6.07) is 6.90. The van der Waals surface area contributed by atoms with Gasteiger partial charge in [-0.25, -0.2) is 0 Å². The highest BCUT2D eigenvalue weighted by atomic mass is 16.5. The van der Waals surface area contributed by atoms with E-state index in [1.807, 2.05) is 6.92 Å². The van der Waals surface area contributed by atoms with Crippen molar-refractivity contribution in [3.8, 4) is 11.8 Å². The molecule has 0 radical (unpaired) electrons. The molecule has 2 bridgehead atoms. The Kier molecular flexibility index (Phi) is 7.52. The van der Waals surface area contributed by atoms with E-state index in [1.54, 1.807) is 44.3 Å². The Morgan fingerprint density at radius 3 is 2.61 bits per heavy atom. The minimum absolute atomic E-state index is 0.0114. The van der Waals surface area contributed by atoms with Gasteiger partial charge in [-0.2, -0.15) is 5.26 Å². The van der Waals surface area contributed by atoms with Crippen molar-refractivity contribution in [3.05, 3.63) is 29.3 Å². The van der Waals surface area contributed by atoms with Gasteiger partial charge in [-0.3, -0.25) is 9.59 Å². The standard InChI is InChI=1S/C23H31N3O5/c1-15-13-25(2)23(28)18-11-16(12-24)5-7-19(18)30-10-9-17-6-8-20(29-4)21(31-17)14-26(3)22(15)27/h5,7,11,15,17,20-21H,6,8-10,13-14H2,1-4H3/t15-,17-,20-,21-/m1/s1. The van der Waals surface area contributed by atoms with Gasteiger partial charge in [-0.05, 0) is 31.0 Å². The maximum atomic E-state index is 13.1. The van der Waals surface area contributed by atoms with Crippen molar-refractivity contribution in [1.29, 1.82) is 5.26 Å². The highest BCUT2D eigenvalue weighted by molar-refractivity contribution is 5.97. The minimum Gasteiger partial charge on any atom is -0.493 e. The second-order valence-corrected chi connectivity index (χ2v) is 8.41. The van der Waals surface area contributed by atoms with Crippen molar-refractivity contribution in [2.24, 2.45) is 5.92 Å². The van der Waals surface area contributed by atoms with Gasteiger partial charge in [0.25, 0.3) is 5.91 Å². The third-order valence-electron chi connectivity index (χ3n) is 6.04. The van der Waals surface area contributed by atoms with Crippen molar-refractivity contribution in [3.63, 3.8) is 0 Å². The molecule has 0 aromatic heterocycles. The number of nitriles is 1. The Hall–Kier alpha value is -2.63. The fourth-order valence-corrected chi connectivity index (χ4v) is 4.29. The maximum absolute atomic E-state index is 13.1. The topological polar surface area (TPSA) is 92.1 Å². The van der Waals surface area contributed by atoms with E-state index in [1.165, 1.54) is 4.90 Å². The number of fused-ring (bicyclic) bond motifs is 3. The minimum atomic E-state index is -0.395. The van der Waals surface area contributed by atoms with Crippen molar-refractivity contribution < 1.29 is 23.8 Å². The van der Waals surface area contributed by atoms with Crippen LogP contribution in [0.2, 0.25) is 0 Å². The number of hydrogen-bond acceptors (Lipinski definition) is 6. The summed E-state index contributed by atoms with van der Waals surface area (Å²) >= 11 is 0. The van der Waals surface area contributed by atoms with Crippen LogP contribution in [0.4, 0.5) is 0 Å². The quantitative estimate of drug-likeness (QED) is 0.679. The van der Waals surface area contributed by atoms with Gasteiger partial charge in [-0.15, -0.1) is 0 Å². The summed E-state index contributed by atoms with van der Waals surface area (Å²) in [5.41, 5.74) is 0.709. The molecule has 0 spiro atoms. The van der Waals surface area contributed by atoms with E-state index in [0.717, 1.165) is 12.8 Å². The molecule has 1 aromatic carbocycles. The number of ether oxygens (including phenoxy) is 3. The smallest absolute Gasteiger partial charge is 0.257 e. The highest BCUT2D eigenvalue weighted by Crippen LogP contribution is 2.27. The zero-order valence-corrected chi connectivity index (χ0v) is 18.7. The molecule has 0 unspecified atom stereocenters. The van der Waals surface area contributed by atoms with Crippen LogP contribution in [0.25, 0.3) is 0 Å². The van der Waals surface area contributed by atoms with Crippen LogP contribution >= 0.6 is 0 Å². The number of methoxy groups -OCH3 is 1. The summed E-state index contributed by atoms with van der Waals surface area (Å²) in [6.07, 6.45) is 2.07. The van der Waals surface area contributed by atoms with Crippen LogP contribution in [0.5, 0.6) is 5.75 Å². The molecular formula is C23H31N3O5. The van der Waals surface area contributed by atoms with Gasteiger partial charge >= 0.3 is 0 Å². The van der Waals surface area contributed by atoms with E-state index in [0.29, 0.717) is 36.4 Å². The van der Waals surface area contributed by atoms with Crippen LogP contribution in [0.15, 0.2) is 18.2 Å². The Balaban J connectivity index is 1.90. The Bertz CT molecular complexity index is 852. The van der Waals surface area contributed by atoms with E-state index >= 15 is 0 Å². The summed E-state index contributed by atoms with van der Waals surface area (Å²) in [6.45, 7) is 2.88. The molecule has 1 aromatic rings. The largest absolute Gasteiger partial charge is 0.493 e. The first-order valence-corrected chi connectivity index (χ1v) is 10.7. The molecule has 1 fully saturated rings. The van der Waals surface area contributed by atoms with Crippen LogP contribution < -0.4 is 4.74 Å². The third-order valence-corrected chi connectivity index (χ3v) is 6.04. The van der Waals surface area contributed by atoms with Gasteiger partial charge < -0.3 is 24.0 Å². The second kappa shape index (κ2) is 10.1. The average molecular weight is 430 g/mol. The molecule has 2 aliphatic rings. The van der Waals surface area contributed by atoms with E-state index < -0.39 is 5.92 Å². The Morgan fingerprint density at radius 1 is 1.13 bits per heavy atom. The fourth-order valence-electron chi connectivity index (χ4n) is 4.29. The van der Waals surface area contributed by atoms with Gasteiger partial charge in [0.2, 0.25) is 5.91 Å². The van der Waals surface area contributed by atoms with Crippen LogP contribution in [-0.2, 0) is 14.3 Å². The number of rotatable bonds is 1. The molecule has 3 rings (SSSR count). The van der Waals surface area contributed by atoms with Crippen LogP contribution in [-0.4, -0.2) is 80.8 Å². The van der Waals surface area contributed by atoms with Gasteiger partial charge in [0, 0.05) is 40.7 Å². The zero-order chi connectivity index (χ0) is 22.5. The van der Waals surface area contributed by atoms with Gasteiger partial charge in [-0.1, -0.05) is 6.92 Å². The lowest BCUT2D eigenvalue weighted by Gasteiger charge is -2.38. The van der Waals surface area contributed by atoms with E-state index in [9.17, 15) is 14.9 Å². The molecule has 0 N–H and O–H groups in total. The monoisotopic (exact) mass is 429 g/mol. The predicted molar refractivity (Wildman–Crippen MR) is 114 cm³/mol. The lowest BCUT2D eigenvalue weighted by molar-refractivity contribution is -0.152. The first kappa shape index (κ1) is 23.0. The van der Waals surface area contributed by atoms with Crippen molar-refractivity contribution in [2.45, 2.75) is 44.5 Å². The van der Waals surface area contributed by atoms with Crippen molar-refractivity contribution in [2.75, 3.05) is 40.9 Å². The van der Waals surface area contributed by atoms with E-state index in [2.05, 4.69) is 6.07 Å². The summed E-state index contributed by atoms with van der Waals surface area (Å²) < 4.78 is 17.8. The first-order chi connectivity index (χ1) is 14.8. The summed E-state index contributed by atoms with van der Waals surface area (Å²) in [5, 5.41) is 9.25. The molecule has 31 heavy (non-hydrogen) atoms. The maximum Gasteiger partial charge on any atom is 0.257 e. The molecular weight excluding hydrogens is 398 g/mol. The normalized spacial score (nSPS) is 28.1. The van der Waals surface area contributed by atoms with Crippen LogP contribution in [0.3, 0.4) is 0 Å². The van der Waals surface area contributed by atoms with Crippen LogP contribution in [0, 0.1) is 17.2 Å². The highest BCUT2D eigenvalue weighted by Gasteiger charge is 2.34. The van der Waals surface area contributed by atoms with Gasteiger partial charge in [0.1, 0.15) is 11.9 Å². The number of carbonyl (C=O) groups excluding carboxylic acids is 2. The summed E-state index contributed by atoms with van der Waals surface area (Å²) in [5.74, 6) is -0.298. The first-order valence-electron chi connectivity index (χ1n) is 10.7. The third kappa shape index (κ3) is 5.35. The number of amides is 2. The number of hydrogen-bond donors (Lipinski definition) is 0. The molecule has 8 heteroatoms. The lowest BCUT2D eigenvalue weighted by atomic mass is 9.98. The van der Waals surface area contributed by atoms with E-state index in [4.69, 9.17) is 14.2 Å². The molecule has 2 heterocycles. The molecule has 2 amide bonds.